The highest BCUT2D eigenvalue weighted by atomic mass is 32.1. The molecule has 2 amide bonds. The third kappa shape index (κ3) is 5.48. The van der Waals surface area contributed by atoms with E-state index in [1.165, 1.54) is 23.5 Å². The Hall–Kier alpha value is -3.06. The van der Waals surface area contributed by atoms with Crippen LogP contribution in [0.15, 0.2) is 48.5 Å². The molecule has 5 nitrogen and oxygen atoms in total. The summed E-state index contributed by atoms with van der Waals surface area (Å²) in [6, 6.07) is 13.1. The van der Waals surface area contributed by atoms with Crippen LogP contribution in [-0.2, 0) is 6.42 Å². The number of aromatic nitrogens is 1. The quantitative estimate of drug-likeness (QED) is 0.598. The third-order valence-electron chi connectivity index (χ3n) is 4.23. The largest absolute Gasteiger partial charge is 0.352 e. The maximum atomic E-state index is 13.1. The fourth-order valence-electron chi connectivity index (χ4n) is 2.78. The monoisotopic (exact) mass is 411 g/mol. The second-order valence-corrected chi connectivity index (χ2v) is 7.70. The molecular formula is C22H22FN3O2S. The van der Waals surface area contributed by atoms with Gasteiger partial charge in [0.25, 0.3) is 11.8 Å². The lowest BCUT2D eigenvalue weighted by Crippen LogP contribution is -2.24. The number of benzene rings is 2. The van der Waals surface area contributed by atoms with Gasteiger partial charge in [0.2, 0.25) is 0 Å². The maximum Gasteiger partial charge on any atom is 0.267 e. The summed E-state index contributed by atoms with van der Waals surface area (Å²) in [5, 5.41) is 6.44. The van der Waals surface area contributed by atoms with Gasteiger partial charge < -0.3 is 10.6 Å². The van der Waals surface area contributed by atoms with Crippen molar-refractivity contribution in [2.45, 2.75) is 26.7 Å². The van der Waals surface area contributed by atoms with Crippen molar-refractivity contribution in [3.05, 3.63) is 81.1 Å². The SMILES string of the molecule is CCCNC(=O)c1cccc(NC(=O)c2sc(Cc3ccc(F)cc3)nc2C)c1. The van der Waals surface area contributed by atoms with Crippen molar-refractivity contribution in [1.82, 2.24) is 10.3 Å². The van der Waals surface area contributed by atoms with E-state index in [4.69, 9.17) is 0 Å². The Morgan fingerprint density at radius 1 is 1.10 bits per heavy atom. The molecule has 0 aliphatic carbocycles. The summed E-state index contributed by atoms with van der Waals surface area (Å²) in [4.78, 5) is 29.8. The maximum absolute atomic E-state index is 13.1. The van der Waals surface area contributed by atoms with Crippen molar-refractivity contribution in [1.29, 1.82) is 0 Å². The molecule has 7 heteroatoms. The Labute approximate surface area is 173 Å². The van der Waals surface area contributed by atoms with Gasteiger partial charge in [0.1, 0.15) is 10.7 Å². The number of carbonyl (C=O) groups excluding carboxylic acids is 2. The average Bonchev–Trinajstić information content (AvgIpc) is 3.08. The first-order chi connectivity index (χ1) is 14.0. The predicted octanol–water partition coefficient (Wildman–Crippen LogP) is 4.57. The van der Waals surface area contributed by atoms with Gasteiger partial charge in [0, 0.05) is 24.2 Å². The highest BCUT2D eigenvalue weighted by Crippen LogP contribution is 2.23. The number of anilines is 1. The number of hydrogen-bond acceptors (Lipinski definition) is 4. The number of amides is 2. The number of carbonyl (C=O) groups is 2. The number of aryl methyl sites for hydroxylation is 1. The average molecular weight is 412 g/mol. The number of thiazole rings is 1. The highest BCUT2D eigenvalue weighted by Gasteiger charge is 2.16. The molecule has 2 aromatic carbocycles. The first-order valence-corrected chi connectivity index (χ1v) is 10.2. The van der Waals surface area contributed by atoms with E-state index in [1.807, 2.05) is 6.92 Å². The highest BCUT2D eigenvalue weighted by molar-refractivity contribution is 7.14. The Balaban J connectivity index is 1.70. The van der Waals surface area contributed by atoms with E-state index >= 15 is 0 Å². The molecule has 29 heavy (non-hydrogen) atoms. The van der Waals surface area contributed by atoms with Gasteiger partial charge >= 0.3 is 0 Å². The standard InChI is InChI=1S/C22H22FN3O2S/c1-3-11-24-21(27)16-5-4-6-18(13-16)26-22(28)20-14(2)25-19(29-20)12-15-7-9-17(23)10-8-15/h4-10,13H,3,11-12H2,1-2H3,(H,24,27)(H,26,28). The molecule has 0 aliphatic rings. The van der Waals surface area contributed by atoms with Crippen molar-refractivity contribution in [2.24, 2.45) is 0 Å². The molecule has 0 aliphatic heterocycles. The molecule has 0 radical (unpaired) electrons. The molecule has 0 atom stereocenters. The van der Waals surface area contributed by atoms with Gasteiger partial charge in [-0.05, 0) is 49.2 Å². The number of nitrogens with one attached hydrogen (secondary N) is 2. The van der Waals surface area contributed by atoms with E-state index in [0.29, 0.717) is 34.8 Å². The van der Waals surface area contributed by atoms with Crippen LogP contribution in [0.1, 0.15) is 49.6 Å². The minimum absolute atomic E-state index is 0.168. The van der Waals surface area contributed by atoms with E-state index in [0.717, 1.165) is 17.0 Å². The lowest BCUT2D eigenvalue weighted by Gasteiger charge is -2.07. The van der Waals surface area contributed by atoms with Crippen LogP contribution >= 0.6 is 11.3 Å². The van der Waals surface area contributed by atoms with Gasteiger partial charge in [0.15, 0.2) is 0 Å². The summed E-state index contributed by atoms with van der Waals surface area (Å²) in [7, 11) is 0. The summed E-state index contributed by atoms with van der Waals surface area (Å²) >= 11 is 1.31. The zero-order valence-electron chi connectivity index (χ0n) is 16.3. The molecule has 0 unspecified atom stereocenters. The summed E-state index contributed by atoms with van der Waals surface area (Å²) < 4.78 is 13.1. The van der Waals surface area contributed by atoms with Crippen LogP contribution in [-0.4, -0.2) is 23.3 Å². The van der Waals surface area contributed by atoms with Crippen molar-refractivity contribution >= 4 is 28.8 Å². The first kappa shape index (κ1) is 20.7. The molecule has 0 saturated heterocycles. The van der Waals surface area contributed by atoms with E-state index in [1.54, 1.807) is 43.3 Å². The van der Waals surface area contributed by atoms with E-state index < -0.39 is 0 Å². The molecule has 1 aromatic heterocycles. The summed E-state index contributed by atoms with van der Waals surface area (Å²) in [5.41, 5.74) is 2.61. The van der Waals surface area contributed by atoms with Crippen LogP contribution < -0.4 is 10.6 Å². The van der Waals surface area contributed by atoms with Crippen LogP contribution in [0.3, 0.4) is 0 Å². The number of halogens is 1. The topological polar surface area (TPSA) is 71.1 Å². The van der Waals surface area contributed by atoms with Gasteiger partial charge in [0.05, 0.1) is 10.7 Å². The zero-order chi connectivity index (χ0) is 20.8. The summed E-state index contributed by atoms with van der Waals surface area (Å²) in [5.74, 6) is -0.718. The van der Waals surface area contributed by atoms with Crippen molar-refractivity contribution < 1.29 is 14.0 Å². The second kappa shape index (κ2) is 9.43. The van der Waals surface area contributed by atoms with Gasteiger partial charge in [-0.15, -0.1) is 11.3 Å². The second-order valence-electron chi connectivity index (χ2n) is 6.62. The van der Waals surface area contributed by atoms with Gasteiger partial charge in [-0.2, -0.15) is 0 Å². The molecule has 1 heterocycles. The Kier molecular flexibility index (Phi) is 6.72. The molecule has 3 rings (SSSR count). The Morgan fingerprint density at radius 3 is 2.59 bits per heavy atom. The molecule has 0 fully saturated rings. The number of hydrogen-bond donors (Lipinski definition) is 2. The van der Waals surface area contributed by atoms with Crippen molar-refractivity contribution in [2.75, 3.05) is 11.9 Å². The molecule has 0 bridgehead atoms. The summed E-state index contributed by atoms with van der Waals surface area (Å²) in [6.07, 6.45) is 1.39. The first-order valence-electron chi connectivity index (χ1n) is 9.36. The van der Waals surface area contributed by atoms with Crippen LogP contribution in [0, 0.1) is 12.7 Å². The van der Waals surface area contributed by atoms with Crippen LogP contribution in [0.5, 0.6) is 0 Å². The smallest absolute Gasteiger partial charge is 0.267 e. The zero-order valence-corrected chi connectivity index (χ0v) is 17.1. The Bertz CT molecular complexity index is 1020. The van der Waals surface area contributed by atoms with Gasteiger partial charge in [-0.1, -0.05) is 25.1 Å². The molecule has 0 spiro atoms. The molecule has 150 valence electrons. The predicted molar refractivity (Wildman–Crippen MR) is 113 cm³/mol. The minimum Gasteiger partial charge on any atom is -0.352 e. The van der Waals surface area contributed by atoms with Crippen LogP contribution in [0.25, 0.3) is 0 Å². The molecule has 0 saturated carbocycles. The fraction of sp³-hybridized carbons (Fsp3) is 0.227. The van der Waals surface area contributed by atoms with Gasteiger partial charge in [-0.25, -0.2) is 9.37 Å². The van der Waals surface area contributed by atoms with Crippen molar-refractivity contribution in [3.8, 4) is 0 Å². The summed E-state index contributed by atoms with van der Waals surface area (Å²) in [6.45, 7) is 4.37. The molecule has 3 aromatic rings. The van der Waals surface area contributed by atoms with Crippen LogP contribution in [0.2, 0.25) is 0 Å². The molecule has 2 N–H and O–H groups in total. The number of rotatable bonds is 7. The Morgan fingerprint density at radius 2 is 1.86 bits per heavy atom. The van der Waals surface area contributed by atoms with Crippen LogP contribution in [0.4, 0.5) is 10.1 Å². The molecular weight excluding hydrogens is 389 g/mol. The lowest BCUT2D eigenvalue weighted by molar-refractivity contribution is 0.0952. The van der Waals surface area contributed by atoms with E-state index in [-0.39, 0.29) is 17.6 Å². The van der Waals surface area contributed by atoms with E-state index in [9.17, 15) is 14.0 Å². The number of nitrogens with zero attached hydrogens (tertiary/aromatic N) is 1. The fourth-order valence-corrected chi connectivity index (χ4v) is 3.78. The van der Waals surface area contributed by atoms with E-state index in [2.05, 4.69) is 15.6 Å². The van der Waals surface area contributed by atoms with Crippen molar-refractivity contribution in [3.63, 3.8) is 0 Å². The minimum atomic E-state index is -0.283. The lowest BCUT2D eigenvalue weighted by atomic mass is 10.1. The van der Waals surface area contributed by atoms with Gasteiger partial charge in [-0.3, -0.25) is 9.59 Å². The normalized spacial score (nSPS) is 10.6. The third-order valence-corrected chi connectivity index (χ3v) is 5.39.